The molecule has 0 fully saturated rings. The predicted octanol–water partition coefficient (Wildman–Crippen LogP) is 4.61. The van der Waals surface area contributed by atoms with Crippen molar-refractivity contribution in [3.05, 3.63) is 89.7 Å². The van der Waals surface area contributed by atoms with Crippen LogP contribution in [0, 0.1) is 12.7 Å². The van der Waals surface area contributed by atoms with Crippen LogP contribution in [0.25, 0.3) is 0 Å². The van der Waals surface area contributed by atoms with Crippen molar-refractivity contribution in [3.63, 3.8) is 0 Å². The number of hydrogen-bond acceptors (Lipinski definition) is 4. The van der Waals surface area contributed by atoms with Gasteiger partial charge in [-0.2, -0.15) is 0 Å². The van der Waals surface area contributed by atoms with E-state index < -0.39 is 28.5 Å². The molecule has 174 valence electrons. The molecule has 0 radical (unpaired) electrons. The molecule has 0 heterocycles. The van der Waals surface area contributed by atoms with Gasteiger partial charge in [0.1, 0.15) is 18.1 Å². The van der Waals surface area contributed by atoms with Crippen LogP contribution in [0.4, 0.5) is 10.1 Å². The zero-order chi connectivity index (χ0) is 24.0. The third kappa shape index (κ3) is 6.10. The number of nitrogens with one attached hydrogen (secondary N) is 1. The molecule has 6 nitrogen and oxygen atoms in total. The van der Waals surface area contributed by atoms with E-state index in [1.807, 2.05) is 13.8 Å². The molecule has 0 spiro atoms. The van der Waals surface area contributed by atoms with Gasteiger partial charge in [0.15, 0.2) is 0 Å². The topological polar surface area (TPSA) is 75.7 Å². The molecule has 3 aromatic rings. The van der Waals surface area contributed by atoms with E-state index in [1.54, 1.807) is 55.5 Å². The SMILES string of the molecule is CCOc1ccc(N(CC(=O)N[C@H](C)c2ccc(F)cc2)S(=O)(=O)c2ccc(C)cc2)cc1. The van der Waals surface area contributed by atoms with Crippen molar-refractivity contribution in [2.45, 2.75) is 31.7 Å². The number of benzene rings is 3. The van der Waals surface area contributed by atoms with Crippen LogP contribution in [0.3, 0.4) is 0 Å². The summed E-state index contributed by atoms with van der Waals surface area (Å²) >= 11 is 0. The first-order valence-corrected chi connectivity index (χ1v) is 12.0. The van der Waals surface area contributed by atoms with E-state index in [4.69, 9.17) is 4.74 Å². The van der Waals surface area contributed by atoms with Crippen molar-refractivity contribution in [2.24, 2.45) is 0 Å². The van der Waals surface area contributed by atoms with Gasteiger partial charge in [-0.05, 0) is 74.9 Å². The van der Waals surface area contributed by atoms with Gasteiger partial charge in [0.25, 0.3) is 10.0 Å². The van der Waals surface area contributed by atoms with Crippen LogP contribution in [0.1, 0.15) is 31.0 Å². The summed E-state index contributed by atoms with van der Waals surface area (Å²) in [6.07, 6.45) is 0. The molecule has 0 saturated heterocycles. The molecule has 3 rings (SSSR count). The molecule has 0 bridgehead atoms. The molecule has 1 atom stereocenters. The summed E-state index contributed by atoms with van der Waals surface area (Å²) in [4.78, 5) is 12.9. The van der Waals surface area contributed by atoms with Crippen LogP contribution in [-0.4, -0.2) is 27.5 Å². The number of rotatable bonds is 9. The lowest BCUT2D eigenvalue weighted by Gasteiger charge is -2.25. The largest absolute Gasteiger partial charge is 0.494 e. The molecule has 8 heteroatoms. The Hall–Kier alpha value is -3.39. The van der Waals surface area contributed by atoms with Crippen LogP contribution >= 0.6 is 0 Å². The summed E-state index contributed by atoms with van der Waals surface area (Å²) in [6.45, 7) is 5.53. The normalized spacial score (nSPS) is 12.1. The first-order chi connectivity index (χ1) is 15.7. The Bertz CT molecular complexity index is 1180. The minimum atomic E-state index is -4.02. The quantitative estimate of drug-likeness (QED) is 0.496. The average Bonchev–Trinajstić information content (AvgIpc) is 2.79. The van der Waals surface area contributed by atoms with Gasteiger partial charge in [-0.1, -0.05) is 29.8 Å². The summed E-state index contributed by atoms with van der Waals surface area (Å²) in [5.74, 6) is -0.261. The smallest absolute Gasteiger partial charge is 0.264 e. The number of ether oxygens (including phenoxy) is 1. The molecule has 0 aliphatic heterocycles. The number of sulfonamides is 1. The summed E-state index contributed by atoms with van der Waals surface area (Å²) in [7, 11) is -4.02. The van der Waals surface area contributed by atoms with Crippen molar-refractivity contribution >= 4 is 21.6 Å². The molecule has 0 aromatic heterocycles. The second-order valence-electron chi connectivity index (χ2n) is 7.59. The molecule has 0 aliphatic carbocycles. The van der Waals surface area contributed by atoms with E-state index in [-0.39, 0.29) is 10.7 Å². The van der Waals surface area contributed by atoms with Gasteiger partial charge in [-0.3, -0.25) is 9.10 Å². The maximum atomic E-state index is 13.5. The van der Waals surface area contributed by atoms with E-state index in [1.165, 1.54) is 24.3 Å². The van der Waals surface area contributed by atoms with E-state index in [0.29, 0.717) is 23.6 Å². The fraction of sp³-hybridized carbons (Fsp3) is 0.240. The van der Waals surface area contributed by atoms with Gasteiger partial charge in [0.05, 0.1) is 23.2 Å². The third-order valence-electron chi connectivity index (χ3n) is 5.08. The van der Waals surface area contributed by atoms with Gasteiger partial charge < -0.3 is 10.1 Å². The Morgan fingerprint density at radius 3 is 2.18 bits per heavy atom. The van der Waals surface area contributed by atoms with Crippen molar-refractivity contribution in [3.8, 4) is 5.75 Å². The highest BCUT2D eigenvalue weighted by atomic mass is 32.2. The molecule has 1 amide bonds. The Kier molecular flexibility index (Phi) is 7.71. The summed E-state index contributed by atoms with van der Waals surface area (Å²) in [6, 6.07) is 18.3. The Labute approximate surface area is 194 Å². The minimum Gasteiger partial charge on any atom is -0.494 e. The lowest BCUT2D eigenvalue weighted by Crippen LogP contribution is -2.41. The number of halogens is 1. The molecular weight excluding hydrogens is 443 g/mol. The van der Waals surface area contributed by atoms with E-state index in [0.717, 1.165) is 9.87 Å². The standard InChI is InChI=1S/C25H27FN2O4S/c1-4-32-23-13-11-22(12-14-23)28(33(30,31)24-15-5-18(2)6-16-24)17-25(29)27-19(3)20-7-9-21(26)10-8-20/h5-16,19H,4,17H2,1-3H3,(H,27,29)/t19-/m1/s1. The molecule has 1 N–H and O–H groups in total. The lowest BCUT2D eigenvalue weighted by molar-refractivity contribution is -0.120. The predicted molar refractivity (Wildman–Crippen MR) is 126 cm³/mol. The lowest BCUT2D eigenvalue weighted by atomic mass is 10.1. The fourth-order valence-electron chi connectivity index (χ4n) is 3.28. The van der Waals surface area contributed by atoms with Crippen LogP contribution in [0.2, 0.25) is 0 Å². The summed E-state index contributed by atoms with van der Waals surface area (Å²) in [5.41, 5.74) is 1.97. The van der Waals surface area contributed by atoms with Crippen LogP contribution in [-0.2, 0) is 14.8 Å². The highest BCUT2D eigenvalue weighted by Crippen LogP contribution is 2.26. The van der Waals surface area contributed by atoms with Gasteiger partial charge in [-0.25, -0.2) is 12.8 Å². The minimum absolute atomic E-state index is 0.0846. The van der Waals surface area contributed by atoms with Gasteiger partial charge >= 0.3 is 0 Å². The van der Waals surface area contributed by atoms with Crippen molar-refractivity contribution in [2.75, 3.05) is 17.5 Å². The highest BCUT2D eigenvalue weighted by molar-refractivity contribution is 7.92. The number of nitrogens with zero attached hydrogens (tertiary/aromatic N) is 1. The second-order valence-corrected chi connectivity index (χ2v) is 9.45. The monoisotopic (exact) mass is 470 g/mol. The molecule has 33 heavy (non-hydrogen) atoms. The van der Waals surface area contributed by atoms with Crippen molar-refractivity contribution in [1.29, 1.82) is 0 Å². The number of amides is 1. The van der Waals surface area contributed by atoms with Gasteiger partial charge in [0.2, 0.25) is 5.91 Å². The average molecular weight is 471 g/mol. The Balaban J connectivity index is 1.88. The first kappa shape index (κ1) is 24.3. The second kappa shape index (κ2) is 10.5. The maximum absolute atomic E-state index is 13.5. The van der Waals surface area contributed by atoms with Crippen LogP contribution in [0.5, 0.6) is 5.75 Å². The summed E-state index contributed by atoms with van der Waals surface area (Å²) in [5, 5.41) is 2.79. The van der Waals surface area contributed by atoms with E-state index in [9.17, 15) is 17.6 Å². The number of hydrogen-bond donors (Lipinski definition) is 1. The van der Waals surface area contributed by atoms with Crippen molar-refractivity contribution < 1.29 is 22.3 Å². The zero-order valence-corrected chi connectivity index (χ0v) is 19.6. The number of carbonyl (C=O) groups is 1. The Morgan fingerprint density at radius 1 is 1.00 bits per heavy atom. The highest BCUT2D eigenvalue weighted by Gasteiger charge is 2.27. The molecule has 0 aliphatic rings. The first-order valence-electron chi connectivity index (χ1n) is 10.6. The Morgan fingerprint density at radius 2 is 1.61 bits per heavy atom. The van der Waals surface area contributed by atoms with Crippen LogP contribution in [0.15, 0.2) is 77.7 Å². The van der Waals surface area contributed by atoms with Gasteiger partial charge in [0, 0.05) is 0 Å². The molecular formula is C25H27FN2O4S. The fourth-order valence-corrected chi connectivity index (χ4v) is 4.70. The van der Waals surface area contributed by atoms with E-state index in [2.05, 4.69) is 5.32 Å². The number of aryl methyl sites for hydroxylation is 1. The van der Waals surface area contributed by atoms with Gasteiger partial charge in [-0.15, -0.1) is 0 Å². The van der Waals surface area contributed by atoms with E-state index >= 15 is 0 Å². The number of anilines is 1. The number of carbonyl (C=O) groups excluding carboxylic acids is 1. The van der Waals surface area contributed by atoms with Crippen molar-refractivity contribution in [1.82, 2.24) is 5.32 Å². The molecule has 3 aromatic carbocycles. The zero-order valence-electron chi connectivity index (χ0n) is 18.8. The maximum Gasteiger partial charge on any atom is 0.264 e. The summed E-state index contributed by atoms with van der Waals surface area (Å²) < 4.78 is 46.6. The molecule has 0 saturated carbocycles. The molecule has 0 unspecified atom stereocenters. The van der Waals surface area contributed by atoms with Crippen LogP contribution < -0.4 is 14.4 Å². The third-order valence-corrected chi connectivity index (χ3v) is 6.87.